The van der Waals surface area contributed by atoms with Crippen LogP contribution in [0.5, 0.6) is 0 Å². The average Bonchev–Trinajstić information content (AvgIpc) is 3.59. The Labute approximate surface area is 336 Å². The van der Waals surface area contributed by atoms with Gasteiger partial charge in [0.15, 0.2) is 5.16 Å². The van der Waals surface area contributed by atoms with E-state index in [1.165, 1.54) is 192 Å². The van der Waals surface area contributed by atoms with Crippen molar-refractivity contribution in [1.82, 2.24) is 9.97 Å². The van der Waals surface area contributed by atoms with Crippen molar-refractivity contribution in [2.24, 2.45) is 0 Å². The van der Waals surface area contributed by atoms with E-state index in [9.17, 15) is 9.59 Å². The summed E-state index contributed by atoms with van der Waals surface area (Å²) in [5.74, 6) is -0.704. The van der Waals surface area contributed by atoms with Gasteiger partial charge in [0.1, 0.15) is 5.25 Å². The third-order valence-corrected chi connectivity index (χ3v) is 11.8. The Morgan fingerprint density at radius 2 is 0.907 bits per heavy atom. The molecule has 0 saturated carbocycles. The van der Waals surface area contributed by atoms with E-state index in [0.29, 0.717) is 18.4 Å². The van der Waals surface area contributed by atoms with E-state index in [-0.39, 0.29) is 18.4 Å². The van der Waals surface area contributed by atoms with Gasteiger partial charge in [-0.1, -0.05) is 230 Å². The number of imidazole rings is 1. The van der Waals surface area contributed by atoms with Crippen molar-refractivity contribution in [2.75, 3.05) is 13.2 Å². The minimum Gasteiger partial charge on any atom is -0.466 e. The summed E-state index contributed by atoms with van der Waals surface area (Å²) in [6, 6.07) is 7.79. The van der Waals surface area contributed by atoms with Gasteiger partial charge in [-0.2, -0.15) is 0 Å². The quantitative estimate of drug-likeness (QED) is 0.0414. The molecule has 1 aromatic carbocycles. The standard InChI is InChI=1S/C47H82N2O4S/c1-3-5-7-9-11-13-15-17-19-21-23-25-27-29-31-35-39-52-45(50)41-44(54-47-48-42-37-33-34-38-43(42)49-47)46(51)53-40-36-32-30-28-26-24-22-20-18-16-14-12-10-8-6-4-2/h33-34,37-38,44H,3-32,35-36,39-41H2,1-2H3,(H,48,49). The molecule has 1 atom stereocenters. The van der Waals surface area contributed by atoms with Gasteiger partial charge in [-0.05, 0) is 25.0 Å². The summed E-state index contributed by atoms with van der Waals surface area (Å²) < 4.78 is 11.3. The van der Waals surface area contributed by atoms with Gasteiger partial charge in [-0.15, -0.1) is 0 Å². The maximum Gasteiger partial charge on any atom is 0.320 e. The first-order valence-electron chi connectivity index (χ1n) is 23.1. The Hall–Kier alpha value is -2.02. The molecule has 0 aliphatic heterocycles. The largest absolute Gasteiger partial charge is 0.466 e. The Balaban J connectivity index is 1.54. The molecule has 2 aromatic rings. The predicted molar refractivity (Wildman–Crippen MR) is 231 cm³/mol. The molecule has 1 heterocycles. The first-order chi connectivity index (χ1) is 26.6. The molecule has 2 rings (SSSR count). The molecular formula is C47H82N2O4S. The number of aromatic nitrogens is 2. The average molecular weight is 771 g/mol. The number of H-pyrrole nitrogens is 1. The van der Waals surface area contributed by atoms with Crippen LogP contribution >= 0.6 is 11.8 Å². The fourth-order valence-electron chi connectivity index (χ4n) is 7.26. The Bertz CT molecular complexity index is 1120. The molecule has 0 aliphatic rings. The van der Waals surface area contributed by atoms with Gasteiger partial charge in [-0.25, -0.2) is 4.98 Å². The number of para-hydroxylation sites is 2. The fraction of sp³-hybridized carbons (Fsp3) is 0.809. The molecule has 1 N–H and O–H groups in total. The Morgan fingerprint density at radius 3 is 1.31 bits per heavy atom. The monoisotopic (exact) mass is 771 g/mol. The number of thioether (sulfide) groups is 1. The van der Waals surface area contributed by atoms with Crippen LogP contribution in [-0.4, -0.2) is 40.4 Å². The lowest BCUT2D eigenvalue weighted by Crippen LogP contribution is -2.25. The highest BCUT2D eigenvalue weighted by atomic mass is 32.2. The maximum absolute atomic E-state index is 13.2. The van der Waals surface area contributed by atoms with Gasteiger partial charge in [0.05, 0.1) is 30.7 Å². The number of hydrogen-bond donors (Lipinski definition) is 1. The van der Waals surface area contributed by atoms with Gasteiger partial charge >= 0.3 is 11.9 Å². The first kappa shape index (κ1) is 48.1. The molecule has 310 valence electrons. The molecule has 6 nitrogen and oxygen atoms in total. The number of rotatable bonds is 39. The number of aromatic amines is 1. The van der Waals surface area contributed by atoms with E-state index >= 15 is 0 Å². The smallest absolute Gasteiger partial charge is 0.320 e. The molecule has 0 bridgehead atoms. The van der Waals surface area contributed by atoms with Crippen molar-refractivity contribution >= 4 is 34.7 Å². The van der Waals surface area contributed by atoms with Crippen molar-refractivity contribution in [3.05, 3.63) is 24.3 Å². The van der Waals surface area contributed by atoms with Crippen LogP contribution in [0.15, 0.2) is 29.4 Å². The zero-order valence-electron chi connectivity index (χ0n) is 35.1. The molecule has 0 aliphatic carbocycles. The van der Waals surface area contributed by atoms with E-state index in [1.54, 1.807) is 0 Å². The summed E-state index contributed by atoms with van der Waals surface area (Å²) in [6.45, 7) is 5.36. The molecule has 0 saturated heterocycles. The molecule has 0 amide bonds. The van der Waals surface area contributed by atoms with Crippen molar-refractivity contribution in [3.63, 3.8) is 0 Å². The lowest BCUT2D eigenvalue weighted by Gasteiger charge is -2.14. The number of hydrogen-bond acceptors (Lipinski definition) is 6. The van der Waals surface area contributed by atoms with E-state index in [4.69, 9.17) is 9.47 Å². The lowest BCUT2D eigenvalue weighted by molar-refractivity contribution is -0.149. The predicted octanol–water partition coefficient (Wildman–Crippen LogP) is 15.0. The second-order valence-corrected chi connectivity index (χ2v) is 17.1. The number of fused-ring (bicyclic) bond motifs is 1. The maximum atomic E-state index is 13.2. The van der Waals surface area contributed by atoms with Gasteiger partial charge in [-0.3, -0.25) is 9.59 Å². The number of carbonyl (C=O) groups is 2. The normalized spacial score (nSPS) is 12.0. The van der Waals surface area contributed by atoms with Crippen LogP contribution in [0.1, 0.15) is 226 Å². The van der Waals surface area contributed by atoms with Gasteiger partial charge in [0.25, 0.3) is 0 Å². The van der Waals surface area contributed by atoms with E-state index in [0.717, 1.165) is 36.7 Å². The van der Waals surface area contributed by atoms with Gasteiger partial charge in [0.2, 0.25) is 0 Å². The van der Waals surface area contributed by atoms with Crippen molar-refractivity contribution in [2.45, 2.75) is 236 Å². The molecular weight excluding hydrogens is 689 g/mol. The van der Waals surface area contributed by atoms with E-state index in [1.807, 2.05) is 24.3 Å². The van der Waals surface area contributed by atoms with E-state index < -0.39 is 5.25 Å². The molecule has 0 fully saturated rings. The minimum atomic E-state index is -0.690. The number of benzene rings is 1. The summed E-state index contributed by atoms with van der Waals surface area (Å²) in [5.41, 5.74) is 1.75. The Kier molecular flexibility index (Phi) is 31.5. The van der Waals surface area contributed by atoms with Crippen LogP contribution in [0.2, 0.25) is 0 Å². The van der Waals surface area contributed by atoms with Crippen LogP contribution in [0.4, 0.5) is 0 Å². The van der Waals surface area contributed by atoms with Crippen LogP contribution in [0.25, 0.3) is 11.0 Å². The first-order valence-corrected chi connectivity index (χ1v) is 24.0. The number of nitrogens with zero attached hydrogens (tertiary/aromatic N) is 1. The second-order valence-electron chi connectivity index (χ2n) is 15.9. The highest BCUT2D eigenvalue weighted by Crippen LogP contribution is 2.27. The second kappa shape index (κ2) is 35.4. The third-order valence-electron chi connectivity index (χ3n) is 10.7. The molecule has 1 aromatic heterocycles. The highest BCUT2D eigenvalue weighted by Gasteiger charge is 2.27. The summed E-state index contributed by atoms with van der Waals surface area (Å²) >= 11 is 1.26. The van der Waals surface area contributed by atoms with Crippen LogP contribution in [0, 0.1) is 0 Å². The minimum absolute atomic E-state index is 0.0155. The molecule has 0 radical (unpaired) electrons. The summed E-state index contributed by atoms with van der Waals surface area (Å²) in [5, 5.41) is -0.0731. The zero-order valence-corrected chi connectivity index (χ0v) is 35.9. The zero-order chi connectivity index (χ0) is 38.6. The van der Waals surface area contributed by atoms with Crippen LogP contribution in [0.3, 0.4) is 0 Å². The number of nitrogens with one attached hydrogen (secondary N) is 1. The molecule has 7 heteroatoms. The van der Waals surface area contributed by atoms with Crippen molar-refractivity contribution < 1.29 is 19.1 Å². The fourth-order valence-corrected chi connectivity index (χ4v) is 8.23. The lowest BCUT2D eigenvalue weighted by atomic mass is 10.0. The van der Waals surface area contributed by atoms with Gasteiger partial charge in [0, 0.05) is 0 Å². The summed E-state index contributed by atoms with van der Waals surface area (Å²) in [6.07, 6.45) is 41.9. The van der Waals surface area contributed by atoms with Crippen molar-refractivity contribution in [3.8, 4) is 0 Å². The third kappa shape index (κ3) is 26.7. The number of ether oxygens (including phenoxy) is 2. The van der Waals surface area contributed by atoms with Crippen LogP contribution < -0.4 is 0 Å². The highest BCUT2D eigenvalue weighted by molar-refractivity contribution is 8.00. The summed E-state index contributed by atoms with van der Waals surface area (Å²) in [4.78, 5) is 33.9. The number of unbranched alkanes of at least 4 members (excludes halogenated alkanes) is 30. The van der Waals surface area contributed by atoms with Crippen LogP contribution in [-0.2, 0) is 19.1 Å². The SMILES string of the molecule is CCCCCCCCCCCCCCCCCCOC(=O)CC(Sc1nc2ccccc2[nH]1)C(=O)OCCCCCCCCCCCCCCCCCC. The Morgan fingerprint density at radius 1 is 0.537 bits per heavy atom. The number of carbonyl (C=O) groups excluding carboxylic acids is 2. The molecule has 54 heavy (non-hydrogen) atoms. The number of esters is 2. The topological polar surface area (TPSA) is 81.3 Å². The molecule has 1 unspecified atom stereocenters. The van der Waals surface area contributed by atoms with E-state index in [2.05, 4.69) is 23.8 Å². The van der Waals surface area contributed by atoms with Gasteiger partial charge < -0.3 is 14.5 Å². The molecule has 0 spiro atoms. The van der Waals surface area contributed by atoms with Crippen molar-refractivity contribution in [1.29, 1.82) is 0 Å². The summed E-state index contributed by atoms with van der Waals surface area (Å²) in [7, 11) is 0.